The quantitative estimate of drug-likeness (QED) is 0.640. The average molecular weight is 168 g/mol. The van der Waals surface area contributed by atoms with Crippen LogP contribution in [0.4, 0.5) is 0 Å². The first kappa shape index (κ1) is 9.79. The van der Waals surface area contributed by atoms with Crippen LogP contribution in [0.15, 0.2) is 12.7 Å². The highest BCUT2D eigenvalue weighted by Gasteiger charge is 2.19. The van der Waals surface area contributed by atoms with Gasteiger partial charge in [-0.25, -0.2) is 0 Å². The van der Waals surface area contributed by atoms with E-state index in [1.54, 1.807) is 0 Å². The number of aliphatic hydroxyl groups is 1. The van der Waals surface area contributed by atoms with Crippen LogP contribution in [0.3, 0.4) is 0 Å². The second-order valence-electron chi connectivity index (χ2n) is 3.94. The van der Waals surface area contributed by atoms with Gasteiger partial charge < -0.3 is 5.11 Å². The minimum atomic E-state index is 0.397. The van der Waals surface area contributed by atoms with Crippen LogP contribution in [0.5, 0.6) is 0 Å². The first-order valence-electron chi connectivity index (χ1n) is 5.08. The van der Waals surface area contributed by atoms with E-state index >= 15 is 0 Å². The van der Waals surface area contributed by atoms with Crippen molar-refractivity contribution in [1.29, 1.82) is 0 Å². The van der Waals surface area contributed by atoms with E-state index < -0.39 is 0 Å². The van der Waals surface area contributed by atoms with Crippen molar-refractivity contribution in [3.8, 4) is 0 Å². The normalized spacial score (nSPS) is 30.1. The molecule has 70 valence electrons. The largest absolute Gasteiger partial charge is 0.396 e. The number of allylic oxidation sites excluding steroid dienone is 1. The van der Waals surface area contributed by atoms with Crippen molar-refractivity contribution in [1.82, 2.24) is 0 Å². The van der Waals surface area contributed by atoms with Crippen molar-refractivity contribution < 1.29 is 5.11 Å². The zero-order valence-corrected chi connectivity index (χ0v) is 7.84. The molecule has 0 aromatic carbocycles. The van der Waals surface area contributed by atoms with Gasteiger partial charge >= 0.3 is 0 Å². The van der Waals surface area contributed by atoms with Crippen molar-refractivity contribution in [2.45, 2.75) is 38.5 Å². The van der Waals surface area contributed by atoms with E-state index in [0.29, 0.717) is 12.5 Å². The number of hydrogen-bond donors (Lipinski definition) is 1. The molecule has 0 amide bonds. The highest BCUT2D eigenvalue weighted by Crippen LogP contribution is 2.31. The van der Waals surface area contributed by atoms with Crippen LogP contribution in [0.1, 0.15) is 38.5 Å². The first-order chi connectivity index (χ1) is 5.86. The van der Waals surface area contributed by atoms with Gasteiger partial charge in [0.05, 0.1) is 0 Å². The molecule has 0 saturated heterocycles. The molecular weight excluding hydrogens is 148 g/mol. The molecule has 1 N–H and O–H groups in total. The van der Waals surface area contributed by atoms with Crippen LogP contribution in [-0.4, -0.2) is 11.7 Å². The molecule has 0 unspecified atom stereocenters. The molecule has 0 atom stereocenters. The molecule has 1 saturated carbocycles. The summed E-state index contributed by atoms with van der Waals surface area (Å²) in [6.45, 7) is 4.13. The molecule has 0 radical (unpaired) electrons. The van der Waals surface area contributed by atoms with Gasteiger partial charge in [-0.3, -0.25) is 0 Å². The molecule has 1 fully saturated rings. The summed E-state index contributed by atoms with van der Waals surface area (Å²) >= 11 is 0. The van der Waals surface area contributed by atoms with Crippen LogP contribution in [0.2, 0.25) is 0 Å². The SMILES string of the molecule is C=CCCC1CCC(CO)CC1. The fraction of sp³-hybridized carbons (Fsp3) is 0.818. The van der Waals surface area contributed by atoms with Gasteiger partial charge in [0, 0.05) is 6.61 Å². The van der Waals surface area contributed by atoms with Gasteiger partial charge in [0.15, 0.2) is 0 Å². The van der Waals surface area contributed by atoms with Gasteiger partial charge in [-0.05, 0) is 37.5 Å². The summed E-state index contributed by atoms with van der Waals surface area (Å²) in [7, 11) is 0. The van der Waals surface area contributed by atoms with E-state index in [2.05, 4.69) is 6.58 Å². The summed E-state index contributed by atoms with van der Waals surface area (Å²) < 4.78 is 0. The van der Waals surface area contributed by atoms with E-state index in [9.17, 15) is 0 Å². The topological polar surface area (TPSA) is 20.2 Å². The Hall–Kier alpha value is -0.300. The van der Waals surface area contributed by atoms with Gasteiger partial charge in [-0.15, -0.1) is 6.58 Å². The zero-order valence-electron chi connectivity index (χ0n) is 7.84. The molecule has 0 heterocycles. The van der Waals surface area contributed by atoms with E-state index in [0.717, 1.165) is 12.3 Å². The lowest BCUT2D eigenvalue weighted by molar-refractivity contribution is 0.164. The standard InChI is InChI=1S/C11H20O/c1-2-3-4-10-5-7-11(9-12)8-6-10/h2,10-12H,1,3-9H2. The predicted octanol–water partition coefficient (Wildman–Crippen LogP) is 2.75. The maximum Gasteiger partial charge on any atom is 0.0459 e. The smallest absolute Gasteiger partial charge is 0.0459 e. The third-order valence-electron chi connectivity index (χ3n) is 3.00. The Morgan fingerprint density at radius 3 is 2.25 bits per heavy atom. The lowest BCUT2D eigenvalue weighted by Crippen LogP contribution is -2.16. The van der Waals surface area contributed by atoms with Crippen LogP contribution in [0, 0.1) is 11.8 Å². The van der Waals surface area contributed by atoms with Crippen LogP contribution in [-0.2, 0) is 0 Å². The summed E-state index contributed by atoms with van der Waals surface area (Å²) in [6, 6.07) is 0. The first-order valence-corrected chi connectivity index (χ1v) is 5.08. The minimum absolute atomic E-state index is 0.397. The van der Waals surface area contributed by atoms with Crippen molar-refractivity contribution in [3.05, 3.63) is 12.7 Å². The van der Waals surface area contributed by atoms with Crippen molar-refractivity contribution in [2.24, 2.45) is 11.8 Å². The Bertz CT molecular complexity index is 123. The third kappa shape index (κ3) is 2.98. The summed E-state index contributed by atoms with van der Waals surface area (Å²) in [4.78, 5) is 0. The highest BCUT2D eigenvalue weighted by atomic mass is 16.3. The Kier molecular flexibility index (Phi) is 4.37. The lowest BCUT2D eigenvalue weighted by atomic mass is 9.80. The molecule has 1 aliphatic carbocycles. The third-order valence-corrected chi connectivity index (χ3v) is 3.00. The fourth-order valence-corrected chi connectivity index (χ4v) is 2.06. The molecule has 0 aromatic heterocycles. The van der Waals surface area contributed by atoms with E-state index in [1.807, 2.05) is 6.08 Å². The lowest BCUT2D eigenvalue weighted by Gasteiger charge is -2.26. The molecule has 0 bridgehead atoms. The monoisotopic (exact) mass is 168 g/mol. The number of aliphatic hydroxyl groups excluding tert-OH is 1. The summed E-state index contributed by atoms with van der Waals surface area (Å²) in [5.74, 6) is 1.51. The molecule has 1 rings (SSSR count). The van der Waals surface area contributed by atoms with E-state index in [1.165, 1.54) is 32.1 Å². The second kappa shape index (κ2) is 5.36. The number of hydrogen-bond acceptors (Lipinski definition) is 1. The van der Waals surface area contributed by atoms with Crippen LogP contribution >= 0.6 is 0 Å². The van der Waals surface area contributed by atoms with Gasteiger partial charge in [0.2, 0.25) is 0 Å². The molecule has 1 aliphatic rings. The molecule has 1 nitrogen and oxygen atoms in total. The molecule has 0 aromatic rings. The van der Waals surface area contributed by atoms with Gasteiger partial charge in [0.1, 0.15) is 0 Å². The summed E-state index contributed by atoms with van der Waals surface area (Å²) in [5.41, 5.74) is 0. The van der Waals surface area contributed by atoms with Gasteiger partial charge in [-0.2, -0.15) is 0 Å². The Morgan fingerprint density at radius 1 is 1.17 bits per heavy atom. The Labute approximate surface area is 75.5 Å². The second-order valence-corrected chi connectivity index (χ2v) is 3.94. The van der Waals surface area contributed by atoms with Gasteiger partial charge in [0.25, 0.3) is 0 Å². The number of rotatable bonds is 4. The minimum Gasteiger partial charge on any atom is -0.396 e. The van der Waals surface area contributed by atoms with Crippen molar-refractivity contribution >= 4 is 0 Å². The zero-order chi connectivity index (χ0) is 8.81. The fourth-order valence-electron chi connectivity index (χ4n) is 2.06. The van der Waals surface area contributed by atoms with E-state index in [-0.39, 0.29) is 0 Å². The van der Waals surface area contributed by atoms with E-state index in [4.69, 9.17) is 5.11 Å². The Balaban J connectivity index is 2.12. The molecule has 0 spiro atoms. The maximum absolute atomic E-state index is 8.94. The Morgan fingerprint density at radius 2 is 1.75 bits per heavy atom. The van der Waals surface area contributed by atoms with Crippen LogP contribution < -0.4 is 0 Å². The van der Waals surface area contributed by atoms with Crippen LogP contribution in [0.25, 0.3) is 0 Å². The molecular formula is C11H20O. The summed E-state index contributed by atoms with van der Waals surface area (Å²) in [6.07, 6.45) is 9.59. The predicted molar refractivity (Wildman–Crippen MR) is 52.0 cm³/mol. The summed E-state index contributed by atoms with van der Waals surface area (Å²) in [5, 5.41) is 8.94. The van der Waals surface area contributed by atoms with Crippen molar-refractivity contribution in [3.63, 3.8) is 0 Å². The average Bonchev–Trinajstić information content (AvgIpc) is 2.15. The maximum atomic E-state index is 8.94. The molecule has 12 heavy (non-hydrogen) atoms. The highest BCUT2D eigenvalue weighted by molar-refractivity contribution is 4.75. The molecule has 1 heteroatoms. The van der Waals surface area contributed by atoms with Crippen molar-refractivity contribution in [2.75, 3.05) is 6.61 Å². The van der Waals surface area contributed by atoms with Gasteiger partial charge in [-0.1, -0.05) is 18.9 Å². The molecule has 0 aliphatic heterocycles.